The number of anilines is 1. The first-order valence-corrected chi connectivity index (χ1v) is 14.7. The Morgan fingerprint density at radius 1 is 0.915 bits per heavy atom. The Kier molecular flexibility index (Phi) is 9.14. The largest absolute Gasteiger partial charge is 0.444 e. The molecule has 2 amide bonds. The third-order valence-corrected chi connectivity index (χ3v) is 7.46. The molecular formula is C33H33F4N5O5. The van der Waals surface area contributed by atoms with Gasteiger partial charge in [-0.15, -0.1) is 0 Å². The topological polar surface area (TPSA) is 106 Å². The number of amides is 2. The predicted molar refractivity (Wildman–Crippen MR) is 165 cm³/mol. The number of ether oxygens (including phenoxy) is 2. The fourth-order valence-corrected chi connectivity index (χ4v) is 5.02. The molecule has 0 bridgehead atoms. The van der Waals surface area contributed by atoms with Crippen molar-refractivity contribution in [2.24, 2.45) is 7.05 Å². The lowest BCUT2D eigenvalue weighted by Gasteiger charge is -2.35. The second-order valence-corrected chi connectivity index (χ2v) is 12.0. The van der Waals surface area contributed by atoms with Gasteiger partial charge >= 0.3 is 12.3 Å². The zero-order valence-corrected chi connectivity index (χ0v) is 26.2. The molecule has 0 aliphatic carbocycles. The number of benzene rings is 2. The highest BCUT2D eigenvalue weighted by Crippen LogP contribution is 2.31. The summed E-state index contributed by atoms with van der Waals surface area (Å²) >= 11 is 0. The summed E-state index contributed by atoms with van der Waals surface area (Å²) in [6, 6.07) is 12.0. The number of hydrogen-bond donors (Lipinski definition) is 1. The molecule has 3 heterocycles. The molecule has 248 valence electrons. The smallest absolute Gasteiger partial charge is 0.416 e. The van der Waals surface area contributed by atoms with Gasteiger partial charge in [0.05, 0.1) is 35.1 Å². The molecule has 1 N–H and O–H groups in total. The third-order valence-electron chi connectivity index (χ3n) is 7.46. The van der Waals surface area contributed by atoms with E-state index < -0.39 is 40.6 Å². The van der Waals surface area contributed by atoms with Crippen LogP contribution in [-0.2, 0) is 18.0 Å². The van der Waals surface area contributed by atoms with Gasteiger partial charge in [-0.3, -0.25) is 9.59 Å². The summed E-state index contributed by atoms with van der Waals surface area (Å²) in [5.74, 6) is -1.43. The molecule has 0 atom stereocenters. The number of aromatic nitrogens is 2. The van der Waals surface area contributed by atoms with Crippen LogP contribution in [0.25, 0.3) is 10.9 Å². The van der Waals surface area contributed by atoms with Crippen molar-refractivity contribution in [1.82, 2.24) is 19.4 Å². The van der Waals surface area contributed by atoms with E-state index in [1.165, 1.54) is 6.20 Å². The lowest BCUT2D eigenvalue weighted by molar-refractivity contribution is -0.137. The number of hydrogen-bond acceptors (Lipinski definition) is 7. The lowest BCUT2D eigenvalue weighted by atomic mass is 10.1. The van der Waals surface area contributed by atoms with Crippen molar-refractivity contribution in [3.63, 3.8) is 0 Å². The fraction of sp³-hybridized carbons (Fsp3) is 0.333. The van der Waals surface area contributed by atoms with E-state index in [4.69, 9.17) is 9.47 Å². The number of fused-ring (bicyclic) bond motifs is 1. The van der Waals surface area contributed by atoms with E-state index in [1.807, 2.05) is 26.8 Å². The molecule has 14 heteroatoms. The van der Waals surface area contributed by atoms with Gasteiger partial charge in [0.2, 0.25) is 5.88 Å². The van der Waals surface area contributed by atoms with Crippen molar-refractivity contribution >= 4 is 34.4 Å². The number of halogens is 4. The maximum Gasteiger partial charge on any atom is 0.416 e. The SMILES string of the molecule is Cn1c(C(=O)N2CCN(C(=O)OC(C)(C)C)CC2)cc2ccc(Oc3ccc(NCC(=O)c4ccc(C(F)(F)F)cc4F)cn3)cc21. The van der Waals surface area contributed by atoms with Crippen molar-refractivity contribution in [3.05, 3.63) is 83.4 Å². The van der Waals surface area contributed by atoms with Crippen molar-refractivity contribution in [3.8, 4) is 11.6 Å². The average Bonchev–Trinajstić information content (AvgIpc) is 3.34. The van der Waals surface area contributed by atoms with Crippen LogP contribution < -0.4 is 10.1 Å². The van der Waals surface area contributed by atoms with Crippen molar-refractivity contribution < 1.29 is 41.4 Å². The highest BCUT2D eigenvalue weighted by atomic mass is 19.4. The van der Waals surface area contributed by atoms with Gasteiger partial charge in [0.15, 0.2) is 5.78 Å². The quantitative estimate of drug-likeness (QED) is 0.179. The summed E-state index contributed by atoms with van der Waals surface area (Å²) < 4.78 is 65.6. The minimum Gasteiger partial charge on any atom is -0.444 e. The minimum absolute atomic E-state index is 0.153. The van der Waals surface area contributed by atoms with Crippen LogP contribution in [0, 0.1) is 5.82 Å². The molecule has 47 heavy (non-hydrogen) atoms. The Balaban J connectivity index is 1.18. The standard InChI is InChI=1S/C33H33F4N5O5/c1-32(2,3)47-31(45)42-13-11-41(12-14-42)30(44)27-15-20-5-8-23(17-26(20)40(27)4)46-29-10-7-22(18-39-29)38-19-28(43)24-9-6-21(16-25(24)34)33(35,36)37/h5-10,15-18,38H,11-14,19H2,1-4H3. The van der Waals surface area contributed by atoms with Crippen LogP contribution >= 0.6 is 0 Å². The summed E-state index contributed by atoms with van der Waals surface area (Å²) in [5.41, 5.74) is -0.578. The number of Topliss-reactive ketones (excluding diaryl/α,β-unsaturated/α-hetero) is 1. The minimum atomic E-state index is -4.71. The molecule has 4 aromatic rings. The van der Waals surface area contributed by atoms with Gasteiger partial charge in [-0.25, -0.2) is 14.2 Å². The van der Waals surface area contributed by atoms with Gasteiger partial charge in [0, 0.05) is 50.7 Å². The maximum atomic E-state index is 14.1. The van der Waals surface area contributed by atoms with E-state index in [2.05, 4.69) is 10.3 Å². The maximum absolute atomic E-state index is 14.1. The Hall–Kier alpha value is -5.14. The zero-order valence-electron chi connectivity index (χ0n) is 26.2. The summed E-state index contributed by atoms with van der Waals surface area (Å²) in [6.45, 7) is 6.56. The Morgan fingerprint density at radius 2 is 1.62 bits per heavy atom. The lowest BCUT2D eigenvalue weighted by Crippen LogP contribution is -2.51. The Morgan fingerprint density at radius 3 is 2.23 bits per heavy atom. The molecule has 1 aliphatic rings. The van der Waals surface area contributed by atoms with Crippen LogP contribution in [0.15, 0.2) is 60.8 Å². The molecule has 5 rings (SSSR count). The summed E-state index contributed by atoms with van der Waals surface area (Å²) in [6.07, 6.45) is -3.72. The number of carbonyl (C=O) groups is 3. The molecule has 0 radical (unpaired) electrons. The monoisotopic (exact) mass is 655 g/mol. The molecule has 10 nitrogen and oxygen atoms in total. The Labute approximate surface area is 267 Å². The van der Waals surface area contributed by atoms with Crippen molar-refractivity contribution in [2.75, 3.05) is 38.0 Å². The first-order chi connectivity index (χ1) is 22.1. The van der Waals surface area contributed by atoms with Gasteiger partial charge in [0.1, 0.15) is 22.9 Å². The first-order valence-electron chi connectivity index (χ1n) is 14.7. The number of aryl methyl sites for hydroxylation is 1. The molecule has 0 saturated carbocycles. The van der Waals surface area contributed by atoms with Crippen LogP contribution in [0.5, 0.6) is 11.6 Å². The van der Waals surface area contributed by atoms with E-state index >= 15 is 0 Å². The molecule has 2 aromatic heterocycles. The van der Waals surface area contributed by atoms with Crippen LogP contribution in [0.4, 0.5) is 28.0 Å². The van der Waals surface area contributed by atoms with E-state index in [0.29, 0.717) is 55.4 Å². The second kappa shape index (κ2) is 12.9. The summed E-state index contributed by atoms with van der Waals surface area (Å²) in [4.78, 5) is 45.7. The van der Waals surface area contributed by atoms with E-state index in [0.717, 1.165) is 17.0 Å². The molecule has 1 fully saturated rings. The van der Waals surface area contributed by atoms with Crippen LogP contribution in [0.2, 0.25) is 0 Å². The van der Waals surface area contributed by atoms with E-state index in [9.17, 15) is 31.9 Å². The fourth-order valence-electron chi connectivity index (χ4n) is 5.02. The summed E-state index contributed by atoms with van der Waals surface area (Å²) in [7, 11) is 1.78. The number of rotatable bonds is 7. The first kappa shape index (κ1) is 33.2. The predicted octanol–water partition coefficient (Wildman–Crippen LogP) is 6.51. The molecule has 0 unspecified atom stereocenters. The number of pyridine rings is 1. The second-order valence-electron chi connectivity index (χ2n) is 12.0. The van der Waals surface area contributed by atoms with Crippen molar-refractivity contribution in [2.45, 2.75) is 32.5 Å². The number of ketones is 1. The zero-order chi connectivity index (χ0) is 34.1. The van der Waals surface area contributed by atoms with Gasteiger partial charge in [0.25, 0.3) is 5.91 Å². The van der Waals surface area contributed by atoms with Crippen molar-refractivity contribution in [1.29, 1.82) is 0 Å². The molecule has 1 aliphatic heterocycles. The number of carbonyl (C=O) groups excluding carboxylic acids is 3. The van der Waals surface area contributed by atoms with Crippen LogP contribution in [0.3, 0.4) is 0 Å². The molecule has 2 aromatic carbocycles. The molecule has 0 spiro atoms. The van der Waals surface area contributed by atoms with Crippen LogP contribution in [0.1, 0.15) is 47.2 Å². The number of nitrogens with one attached hydrogen (secondary N) is 1. The summed E-state index contributed by atoms with van der Waals surface area (Å²) in [5, 5.41) is 3.60. The Bertz CT molecular complexity index is 1810. The third kappa shape index (κ3) is 7.81. The van der Waals surface area contributed by atoms with Crippen LogP contribution in [-0.4, -0.2) is 75.5 Å². The van der Waals surface area contributed by atoms with Gasteiger partial charge < -0.3 is 29.2 Å². The molecular weight excluding hydrogens is 622 g/mol. The number of piperazine rings is 1. The number of alkyl halides is 3. The van der Waals surface area contributed by atoms with E-state index in [-0.39, 0.29) is 18.3 Å². The van der Waals surface area contributed by atoms with Gasteiger partial charge in [-0.05, 0) is 63.2 Å². The number of nitrogens with zero attached hydrogens (tertiary/aromatic N) is 4. The highest BCUT2D eigenvalue weighted by molar-refractivity contribution is 6.00. The van der Waals surface area contributed by atoms with Gasteiger partial charge in [-0.2, -0.15) is 13.2 Å². The average molecular weight is 656 g/mol. The van der Waals surface area contributed by atoms with E-state index in [1.54, 1.807) is 51.7 Å². The normalized spacial score (nSPS) is 13.9. The molecule has 1 saturated heterocycles. The highest BCUT2D eigenvalue weighted by Gasteiger charge is 2.32. The van der Waals surface area contributed by atoms with Gasteiger partial charge in [-0.1, -0.05) is 0 Å².